The lowest BCUT2D eigenvalue weighted by Gasteiger charge is -2.32. The van der Waals surface area contributed by atoms with Crippen LogP contribution in [-0.4, -0.2) is 48.9 Å². The highest BCUT2D eigenvalue weighted by Gasteiger charge is 2.25. The van der Waals surface area contributed by atoms with Crippen molar-refractivity contribution < 1.29 is 4.79 Å². The molecule has 1 aliphatic rings. The van der Waals surface area contributed by atoms with Crippen LogP contribution in [0.2, 0.25) is 0 Å². The van der Waals surface area contributed by atoms with Gasteiger partial charge in [0.1, 0.15) is 0 Å². The van der Waals surface area contributed by atoms with Gasteiger partial charge in [0.15, 0.2) is 5.65 Å². The number of aromatic nitrogens is 5. The number of aromatic amines is 1. The van der Waals surface area contributed by atoms with E-state index in [9.17, 15) is 4.79 Å². The predicted octanol–water partition coefficient (Wildman–Crippen LogP) is 2.26. The van der Waals surface area contributed by atoms with Crippen LogP contribution in [0.15, 0.2) is 30.6 Å². The van der Waals surface area contributed by atoms with Gasteiger partial charge in [-0.3, -0.25) is 14.6 Å². The molecule has 0 spiro atoms. The second-order valence-corrected chi connectivity index (χ2v) is 6.69. The van der Waals surface area contributed by atoms with E-state index in [0.717, 1.165) is 48.4 Å². The number of aryl methyl sites for hydroxylation is 2. The minimum atomic E-state index is 0.195. The first kappa shape index (κ1) is 15.8. The lowest BCUT2D eigenvalue weighted by Crippen LogP contribution is -2.39. The van der Waals surface area contributed by atoms with Gasteiger partial charge in [-0.05, 0) is 38.0 Å². The number of rotatable bonds is 4. The summed E-state index contributed by atoms with van der Waals surface area (Å²) in [6.45, 7) is 4.16. The molecule has 1 atom stereocenters. The summed E-state index contributed by atoms with van der Waals surface area (Å²) >= 11 is 0. The van der Waals surface area contributed by atoms with Crippen molar-refractivity contribution in [3.63, 3.8) is 0 Å². The van der Waals surface area contributed by atoms with Crippen LogP contribution in [0.1, 0.15) is 36.6 Å². The number of hydrogen-bond acceptors (Lipinski definition) is 4. The fourth-order valence-electron chi connectivity index (χ4n) is 3.47. The Bertz CT molecular complexity index is 882. The zero-order valence-corrected chi connectivity index (χ0v) is 14.4. The van der Waals surface area contributed by atoms with Gasteiger partial charge < -0.3 is 4.90 Å². The lowest BCUT2D eigenvalue weighted by molar-refractivity contribution is -0.132. The monoisotopic (exact) mass is 338 g/mol. The Labute approximate surface area is 146 Å². The van der Waals surface area contributed by atoms with Crippen LogP contribution in [0.4, 0.5) is 0 Å². The van der Waals surface area contributed by atoms with E-state index in [1.165, 1.54) is 0 Å². The number of carbonyl (C=O) groups is 1. The van der Waals surface area contributed by atoms with Gasteiger partial charge in [-0.15, -0.1) is 0 Å². The van der Waals surface area contributed by atoms with Gasteiger partial charge in [0.05, 0.1) is 11.9 Å². The Morgan fingerprint density at radius 2 is 2.28 bits per heavy atom. The summed E-state index contributed by atoms with van der Waals surface area (Å²) < 4.78 is 1.84. The molecule has 3 aromatic rings. The number of piperidine rings is 1. The van der Waals surface area contributed by atoms with E-state index in [2.05, 4.69) is 26.3 Å². The molecule has 1 saturated heterocycles. The fourth-order valence-corrected chi connectivity index (χ4v) is 3.47. The molecular weight excluding hydrogens is 316 g/mol. The molecule has 130 valence electrons. The van der Waals surface area contributed by atoms with Crippen molar-refractivity contribution in [2.24, 2.45) is 0 Å². The van der Waals surface area contributed by atoms with Crippen molar-refractivity contribution in [2.45, 2.75) is 38.6 Å². The van der Waals surface area contributed by atoms with E-state index < -0.39 is 0 Å². The molecule has 7 nitrogen and oxygen atoms in total. The van der Waals surface area contributed by atoms with E-state index >= 15 is 0 Å². The van der Waals surface area contributed by atoms with Gasteiger partial charge in [0.25, 0.3) is 0 Å². The molecule has 1 aliphatic heterocycles. The number of fused-ring (bicyclic) bond motifs is 1. The largest absolute Gasteiger partial charge is 0.342 e. The zero-order chi connectivity index (χ0) is 17.2. The van der Waals surface area contributed by atoms with Crippen molar-refractivity contribution >= 4 is 16.9 Å². The molecule has 0 aliphatic carbocycles. The van der Waals surface area contributed by atoms with Crippen LogP contribution in [0.5, 0.6) is 0 Å². The van der Waals surface area contributed by atoms with E-state index in [1.54, 1.807) is 6.20 Å². The normalized spacial score (nSPS) is 18.0. The number of amides is 1. The third kappa shape index (κ3) is 3.40. The van der Waals surface area contributed by atoms with Crippen molar-refractivity contribution in [1.82, 2.24) is 29.9 Å². The molecule has 1 unspecified atom stereocenters. The van der Waals surface area contributed by atoms with E-state index in [1.807, 2.05) is 34.8 Å². The first-order chi connectivity index (χ1) is 12.2. The highest BCUT2D eigenvalue weighted by atomic mass is 16.2. The number of carbonyl (C=O) groups excluding carboxylic acids is 1. The number of likely N-dealkylation sites (tertiary alicyclic amines) is 1. The smallest absolute Gasteiger partial charge is 0.224 e. The molecule has 25 heavy (non-hydrogen) atoms. The molecule has 0 aromatic carbocycles. The van der Waals surface area contributed by atoms with E-state index in [0.29, 0.717) is 13.0 Å². The molecular formula is C18H22N6O. The van der Waals surface area contributed by atoms with Crippen molar-refractivity contribution in [3.05, 3.63) is 42.0 Å². The maximum absolute atomic E-state index is 12.6. The topological polar surface area (TPSA) is 79.7 Å². The summed E-state index contributed by atoms with van der Waals surface area (Å²) in [7, 11) is 0. The van der Waals surface area contributed by atoms with Gasteiger partial charge in [-0.2, -0.15) is 10.2 Å². The Morgan fingerprint density at radius 1 is 1.36 bits per heavy atom. The highest BCUT2D eigenvalue weighted by Crippen LogP contribution is 2.27. The quantitative estimate of drug-likeness (QED) is 0.791. The highest BCUT2D eigenvalue weighted by molar-refractivity contribution is 5.76. The minimum Gasteiger partial charge on any atom is -0.342 e. The fraction of sp³-hybridized carbons (Fsp3) is 0.444. The second-order valence-electron chi connectivity index (χ2n) is 6.69. The third-order valence-corrected chi connectivity index (χ3v) is 4.84. The molecule has 1 fully saturated rings. The minimum absolute atomic E-state index is 0.195. The Hall–Kier alpha value is -2.70. The van der Waals surface area contributed by atoms with Gasteiger partial charge in [0.2, 0.25) is 5.91 Å². The Balaban J connectivity index is 1.40. The van der Waals surface area contributed by atoms with Crippen LogP contribution in [0.25, 0.3) is 11.0 Å². The number of nitrogens with zero attached hydrogens (tertiary/aromatic N) is 5. The number of nitrogens with one attached hydrogen (secondary N) is 1. The maximum atomic E-state index is 12.6. The molecule has 4 heterocycles. The van der Waals surface area contributed by atoms with E-state index in [-0.39, 0.29) is 11.8 Å². The average Bonchev–Trinajstić information content (AvgIpc) is 3.27. The molecule has 0 saturated carbocycles. The Morgan fingerprint density at radius 3 is 3.12 bits per heavy atom. The SMILES string of the molecule is Cc1ccn(CCC(=O)N2CCCC(c3ccc4cn[nH]c4n3)C2)n1. The standard InChI is InChI=1S/C18H22N6O/c1-13-6-9-24(22-13)10-7-17(25)23-8-2-3-15(12-23)16-5-4-14-11-19-21-18(14)20-16/h4-6,9,11,15H,2-3,7-8,10,12H2,1H3,(H,19,20,21). The molecule has 3 aromatic heterocycles. The Kier molecular flexibility index (Phi) is 4.21. The van der Waals surface area contributed by atoms with Crippen molar-refractivity contribution in [1.29, 1.82) is 0 Å². The van der Waals surface area contributed by atoms with Gasteiger partial charge in [-0.1, -0.05) is 0 Å². The number of pyridine rings is 1. The number of H-pyrrole nitrogens is 1. The second kappa shape index (κ2) is 6.66. The summed E-state index contributed by atoms with van der Waals surface area (Å²) in [5.74, 6) is 0.484. The molecule has 4 rings (SSSR count). The predicted molar refractivity (Wildman–Crippen MR) is 94.0 cm³/mol. The van der Waals surface area contributed by atoms with Crippen LogP contribution in [0, 0.1) is 6.92 Å². The van der Waals surface area contributed by atoms with Crippen LogP contribution in [-0.2, 0) is 11.3 Å². The first-order valence-corrected chi connectivity index (χ1v) is 8.77. The molecule has 1 N–H and O–H groups in total. The molecule has 1 amide bonds. The first-order valence-electron chi connectivity index (χ1n) is 8.77. The third-order valence-electron chi connectivity index (χ3n) is 4.84. The molecule has 0 bridgehead atoms. The van der Waals surface area contributed by atoms with Gasteiger partial charge in [0, 0.05) is 49.2 Å². The summed E-state index contributed by atoms with van der Waals surface area (Å²) in [6, 6.07) is 6.06. The van der Waals surface area contributed by atoms with Crippen LogP contribution < -0.4 is 0 Å². The summed E-state index contributed by atoms with van der Waals surface area (Å²) in [6.07, 6.45) is 6.26. The molecule has 7 heteroatoms. The van der Waals surface area contributed by atoms with Crippen molar-refractivity contribution in [2.75, 3.05) is 13.1 Å². The maximum Gasteiger partial charge on any atom is 0.224 e. The summed E-state index contributed by atoms with van der Waals surface area (Å²) in [4.78, 5) is 19.2. The zero-order valence-electron chi connectivity index (χ0n) is 14.4. The summed E-state index contributed by atoms with van der Waals surface area (Å²) in [5, 5.41) is 12.3. The van der Waals surface area contributed by atoms with Crippen LogP contribution >= 0.6 is 0 Å². The van der Waals surface area contributed by atoms with Gasteiger partial charge in [-0.25, -0.2) is 4.98 Å². The van der Waals surface area contributed by atoms with E-state index in [4.69, 9.17) is 0 Å². The van der Waals surface area contributed by atoms with Gasteiger partial charge >= 0.3 is 0 Å². The van der Waals surface area contributed by atoms with Crippen molar-refractivity contribution in [3.8, 4) is 0 Å². The van der Waals surface area contributed by atoms with Crippen LogP contribution in [0.3, 0.4) is 0 Å². The summed E-state index contributed by atoms with van der Waals surface area (Å²) in [5.41, 5.74) is 2.83. The lowest BCUT2D eigenvalue weighted by atomic mass is 9.94. The number of hydrogen-bond donors (Lipinski definition) is 1. The molecule has 0 radical (unpaired) electrons. The average molecular weight is 338 g/mol.